The van der Waals surface area contributed by atoms with Crippen LogP contribution in [0.25, 0.3) is 21.5 Å². The first-order valence-corrected chi connectivity index (χ1v) is 9.18. The Kier molecular flexibility index (Phi) is 4.48. The summed E-state index contributed by atoms with van der Waals surface area (Å²) in [6, 6.07) is 21.0. The molecule has 0 saturated carbocycles. The SMILES string of the molecule is COc1ccccc1NC(=O)c1sc2nc(-c3ccccc3)ccc2c1N. The number of aromatic nitrogens is 1. The molecule has 4 aromatic rings. The van der Waals surface area contributed by atoms with Crippen molar-refractivity contribution < 1.29 is 9.53 Å². The monoisotopic (exact) mass is 375 g/mol. The molecule has 0 aliphatic heterocycles. The molecule has 6 heteroatoms. The number of anilines is 2. The lowest BCUT2D eigenvalue weighted by molar-refractivity contribution is 0.103. The third kappa shape index (κ3) is 3.22. The highest BCUT2D eigenvalue weighted by atomic mass is 32.1. The molecule has 2 heterocycles. The van der Waals surface area contributed by atoms with Gasteiger partial charge in [0.05, 0.1) is 24.2 Å². The molecule has 0 atom stereocenters. The van der Waals surface area contributed by atoms with Crippen molar-refractivity contribution in [3.63, 3.8) is 0 Å². The van der Waals surface area contributed by atoms with Crippen molar-refractivity contribution in [3.05, 3.63) is 71.6 Å². The van der Waals surface area contributed by atoms with Gasteiger partial charge in [-0.3, -0.25) is 4.79 Å². The molecule has 134 valence electrons. The predicted molar refractivity (Wildman–Crippen MR) is 110 cm³/mol. The lowest BCUT2D eigenvalue weighted by atomic mass is 10.1. The maximum absolute atomic E-state index is 12.8. The number of thiophene rings is 1. The van der Waals surface area contributed by atoms with Crippen LogP contribution in [0.2, 0.25) is 0 Å². The van der Waals surface area contributed by atoms with Gasteiger partial charge in [-0.25, -0.2) is 4.98 Å². The van der Waals surface area contributed by atoms with E-state index < -0.39 is 0 Å². The molecule has 0 spiro atoms. The summed E-state index contributed by atoms with van der Waals surface area (Å²) < 4.78 is 5.28. The van der Waals surface area contributed by atoms with Gasteiger partial charge >= 0.3 is 0 Å². The van der Waals surface area contributed by atoms with E-state index in [2.05, 4.69) is 10.3 Å². The maximum atomic E-state index is 12.8. The zero-order chi connectivity index (χ0) is 18.8. The molecule has 1 amide bonds. The maximum Gasteiger partial charge on any atom is 0.268 e. The van der Waals surface area contributed by atoms with Crippen LogP contribution in [0, 0.1) is 0 Å². The second kappa shape index (κ2) is 7.09. The van der Waals surface area contributed by atoms with Crippen LogP contribution in [0.15, 0.2) is 66.7 Å². The molecule has 0 radical (unpaired) electrons. The zero-order valence-corrected chi connectivity index (χ0v) is 15.4. The van der Waals surface area contributed by atoms with Gasteiger partial charge in [-0.05, 0) is 24.3 Å². The number of rotatable bonds is 4. The van der Waals surface area contributed by atoms with Gasteiger partial charge in [0, 0.05) is 10.9 Å². The van der Waals surface area contributed by atoms with E-state index in [1.165, 1.54) is 11.3 Å². The Balaban J connectivity index is 1.70. The van der Waals surface area contributed by atoms with Crippen molar-refractivity contribution in [3.8, 4) is 17.0 Å². The summed E-state index contributed by atoms with van der Waals surface area (Å²) >= 11 is 1.28. The van der Waals surface area contributed by atoms with Crippen molar-refractivity contribution in [2.24, 2.45) is 0 Å². The molecule has 0 unspecified atom stereocenters. The number of hydrogen-bond donors (Lipinski definition) is 2. The van der Waals surface area contributed by atoms with Gasteiger partial charge in [-0.2, -0.15) is 0 Å². The van der Waals surface area contributed by atoms with Crippen LogP contribution in [0.5, 0.6) is 5.75 Å². The molecule has 2 aromatic carbocycles. The molecule has 0 fully saturated rings. The van der Waals surface area contributed by atoms with Crippen LogP contribution < -0.4 is 15.8 Å². The van der Waals surface area contributed by atoms with E-state index in [4.69, 9.17) is 10.5 Å². The number of para-hydroxylation sites is 2. The highest BCUT2D eigenvalue weighted by Crippen LogP contribution is 2.35. The number of fused-ring (bicyclic) bond motifs is 1. The molecule has 3 N–H and O–H groups in total. The second-order valence-electron chi connectivity index (χ2n) is 5.91. The smallest absolute Gasteiger partial charge is 0.268 e. The first-order chi connectivity index (χ1) is 13.2. The Labute approximate surface area is 160 Å². The number of nitrogens with one attached hydrogen (secondary N) is 1. The van der Waals surface area contributed by atoms with E-state index in [1.54, 1.807) is 19.2 Å². The minimum absolute atomic E-state index is 0.277. The van der Waals surface area contributed by atoms with Crippen LogP contribution in [0.3, 0.4) is 0 Å². The summed E-state index contributed by atoms with van der Waals surface area (Å²) in [5.41, 5.74) is 9.14. The summed E-state index contributed by atoms with van der Waals surface area (Å²) in [6.07, 6.45) is 0. The zero-order valence-electron chi connectivity index (χ0n) is 14.6. The van der Waals surface area contributed by atoms with Gasteiger partial charge in [-0.1, -0.05) is 42.5 Å². The standard InChI is InChI=1S/C21H17N3O2S/c1-26-17-10-6-5-9-16(17)23-20(25)19-18(22)14-11-12-15(24-21(14)27-19)13-7-3-2-4-8-13/h2-12H,22H2,1H3,(H,23,25). The van der Waals surface area contributed by atoms with Crippen molar-refractivity contribution in [1.82, 2.24) is 4.98 Å². The molecule has 5 nitrogen and oxygen atoms in total. The van der Waals surface area contributed by atoms with Gasteiger partial charge in [0.1, 0.15) is 15.5 Å². The molecular formula is C21H17N3O2S. The first kappa shape index (κ1) is 17.1. The quantitative estimate of drug-likeness (QED) is 0.537. The molecule has 0 saturated heterocycles. The number of ether oxygens (including phenoxy) is 1. The molecule has 27 heavy (non-hydrogen) atoms. The van der Waals surface area contributed by atoms with Crippen LogP contribution in [0.4, 0.5) is 11.4 Å². The number of nitrogen functional groups attached to an aromatic ring is 1. The van der Waals surface area contributed by atoms with E-state index >= 15 is 0 Å². The molecular weight excluding hydrogens is 358 g/mol. The van der Waals surface area contributed by atoms with Crippen molar-refractivity contribution in [2.45, 2.75) is 0 Å². The molecule has 0 aliphatic carbocycles. The van der Waals surface area contributed by atoms with Crippen LogP contribution in [0.1, 0.15) is 9.67 Å². The van der Waals surface area contributed by atoms with E-state index in [1.807, 2.05) is 54.6 Å². The van der Waals surface area contributed by atoms with Crippen molar-refractivity contribution in [2.75, 3.05) is 18.2 Å². The fourth-order valence-electron chi connectivity index (χ4n) is 2.86. The van der Waals surface area contributed by atoms with Gasteiger partial charge < -0.3 is 15.8 Å². The van der Waals surface area contributed by atoms with E-state index in [0.717, 1.165) is 21.5 Å². The highest BCUT2D eigenvalue weighted by Gasteiger charge is 2.19. The molecule has 4 rings (SSSR count). The number of methoxy groups -OCH3 is 1. The van der Waals surface area contributed by atoms with E-state index in [9.17, 15) is 4.79 Å². The third-order valence-electron chi connectivity index (χ3n) is 4.22. The van der Waals surface area contributed by atoms with Crippen LogP contribution in [-0.4, -0.2) is 18.0 Å². The lowest BCUT2D eigenvalue weighted by Crippen LogP contribution is -2.12. The van der Waals surface area contributed by atoms with Crippen molar-refractivity contribution >= 4 is 38.8 Å². The summed E-state index contributed by atoms with van der Waals surface area (Å²) in [7, 11) is 1.56. The van der Waals surface area contributed by atoms with Crippen molar-refractivity contribution in [1.29, 1.82) is 0 Å². The van der Waals surface area contributed by atoms with Gasteiger partial charge in [-0.15, -0.1) is 11.3 Å². The third-order valence-corrected chi connectivity index (χ3v) is 5.34. The van der Waals surface area contributed by atoms with E-state index in [-0.39, 0.29) is 5.91 Å². The highest BCUT2D eigenvalue weighted by molar-refractivity contribution is 7.21. The number of pyridine rings is 1. The predicted octanol–water partition coefficient (Wildman–Crippen LogP) is 4.81. The molecule has 0 bridgehead atoms. The number of carbonyl (C=O) groups excluding carboxylic acids is 1. The molecule has 0 aliphatic rings. The summed E-state index contributed by atoms with van der Waals surface area (Å²) in [6.45, 7) is 0. The second-order valence-corrected chi connectivity index (χ2v) is 6.91. The number of nitrogens with zero attached hydrogens (tertiary/aromatic N) is 1. The van der Waals surface area contributed by atoms with Gasteiger partial charge in [0.25, 0.3) is 5.91 Å². The lowest BCUT2D eigenvalue weighted by Gasteiger charge is -2.09. The molecule has 2 aromatic heterocycles. The summed E-state index contributed by atoms with van der Waals surface area (Å²) in [4.78, 5) is 18.6. The number of amides is 1. The number of benzene rings is 2. The number of hydrogen-bond acceptors (Lipinski definition) is 5. The summed E-state index contributed by atoms with van der Waals surface area (Å²) in [5, 5.41) is 3.65. The Morgan fingerprint density at radius 1 is 1.04 bits per heavy atom. The van der Waals surface area contributed by atoms with Gasteiger partial charge in [0.2, 0.25) is 0 Å². The Bertz CT molecular complexity index is 1120. The number of carbonyl (C=O) groups is 1. The largest absolute Gasteiger partial charge is 0.495 e. The van der Waals surface area contributed by atoms with Crippen LogP contribution >= 0.6 is 11.3 Å². The first-order valence-electron chi connectivity index (χ1n) is 8.36. The Morgan fingerprint density at radius 3 is 2.56 bits per heavy atom. The van der Waals surface area contributed by atoms with Crippen LogP contribution in [-0.2, 0) is 0 Å². The fourth-order valence-corrected chi connectivity index (χ4v) is 3.85. The Hall–Kier alpha value is -3.38. The normalized spacial score (nSPS) is 10.7. The average molecular weight is 375 g/mol. The minimum Gasteiger partial charge on any atom is -0.495 e. The summed E-state index contributed by atoms with van der Waals surface area (Å²) in [5.74, 6) is 0.316. The number of nitrogens with two attached hydrogens (primary N) is 1. The van der Waals surface area contributed by atoms with E-state index in [0.29, 0.717) is 22.0 Å². The average Bonchev–Trinajstić information content (AvgIpc) is 3.05. The topological polar surface area (TPSA) is 77.2 Å². The van der Waals surface area contributed by atoms with Gasteiger partial charge in [0.15, 0.2) is 0 Å². The Morgan fingerprint density at radius 2 is 1.78 bits per heavy atom. The fraction of sp³-hybridized carbons (Fsp3) is 0.0476. The minimum atomic E-state index is -0.277.